The largest absolute Gasteiger partial charge is 0.545 e. The zero-order valence-electron chi connectivity index (χ0n) is 11.7. The van der Waals surface area contributed by atoms with Gasteiger partial charge in [0.05, 0.1) is 22.2 Å². The van der Waals surface area contributed by atoms with Crippen LogP contribution in [0.3, 0.4) is 0 Å². The minimum atomic E-state index is -4.08. The highest BCUT2D eigenvalue weighted by Gasteiger charge is 2.32. The number of nitrogens with one attached hydrogen (secondary N) is 1. The normalized spacial score (nSPS) is 14.1. The van der Waals surface area contributed by atoms with E-state index in [1.54, 1.807) is 24.3 Å². The summed E-state index contributed by atoms with van der Waals surface area (Å²) in [6.07, 6.45) is 0. The number of benzene rings is 2. The minimum absolute atomic E-state index is 0.219. The summed E-state index contributed by atoms with van der Waals surface area (Å²) in [7, 11) is -4.08. The lowest BCUT2D eigenvalue weighted by molar-refractivity contribution is -0.255. The van der Waals surface area contributed by atoms with Crippen molar-refractivity contribution >= 4 is 33.3 Å². The maximum atomic E-state index is 12.8. The molecule has 1 aliphatic rings. The molecule has 1 N–H and O–H groups in total. The number of anilines is 2. The van der Waals surface area contributed by atoms with Crippen LogP contribution in [0.2, 0.25) is 0 Å². The molecule has 7 nitrogen and oxygen atoms in total. The van der Waals surface area contributed by atoms with Gasteiger partial charge < -0.3 is 15.2 Å². The number of para-hydroxylation sites is 2. The van der Waals surface area contributed by atoms with Gasteiger partial charge in [-0.1, -0.05) is 24.3 Å². The van der Waals surface area contributed by atoms with E-state index in [0.717, 1.165) is 10.4 Å². The van der Waals surface area contributed by atoms with E-state index in [0.29, 0.717) is 11.4 Å². The van der Waals surface area contributed by atoms with E-state index in [-0.39, 0.29) is 17.0 Å². The van der Waals surface area contributed by atoms with Crippen molar-refractivity contribution in [1.29, 1.82) is 0 Å². The van der Waals surface area contributed by atoms with Gasteiger partial charge >= 0.3 is 0 Å². The highest BCUT2D eigenvalue weighted by molar-refractivity contribution is 7.92. The average molecular weight is 331 g/mol. The summed E-state index contributed by atoms with van der Waals surface area (Å²) in [6.45, 7) is -0.380. The van der Waals surface area contributed by atoms with Crippen LogP contribution < -0.4 is 14.7 Å². The molecule has 0 aromatic heterocycles. The summed E-state index contributed by atoms with van der Waals surface area (Å²) in [5, 5.41) is 13.5. The Balaban J connectivity index is 2.12. The molecule has 0 spiro atoms. The van der Waals surface area contributed by atoms with E-state index >= 15 is 0 Å². The topological polar surface area (TPSA) is 107 Å². The van der Waals surface area contributed by atoms with Crippen LogP contribution in [0.1, 0.15) is 10.4 Å². The van der Waals surface area contributed by atoms with Crippen molar-refractivity contribution in [3.8, 4) is 0 Å². The molecule has 1 aliphatic heterocycles. The molecule has 1 heterocycles. The third-order valence-electron chi connectivity index (χ3n) is 3.39. The molecule has 0 radical (unpaired) electrons. The van der Waals surface area contributed by atoms with Crippen molar-refractivity contribution in [2.45, 2.75) is 4.90 Å². The summed E-state index contributed by atoms with van der Waals surface area (Å²) >= 11 is 0. The first-order valence-electron chi connectivity index (χ1n) is 6.62. The van der Waals surface area contributed by atoms with Crippen molar-refractivity contribution < 1.29 is 23.1 Å². The van der Waals surface area contributed by atoms with E-state index in [1.165, 1.54) is 18.2 Å². The van der Waals surface area contributed by atoms with Crippen LogP contribution in [0.25, 0.3) is 0 Å². The second-order valence-electron chi connectivity index (χ2n) is 4.89. The molecule has 2 aromatic carbocycles. The molecule has 1 amide bonds. The first kappa shape index (κ1) is 15.0. The lowest BCUT2D eigenvalue weighted by Gasteiger charge is -2.30. The summed E-state index contributed by atoms with van der Waals surface area (Å²) in [4.78, 5) is 22.5. The Kier molecular flexibility index (Phi) is 3.53. The number of carbonyl (C=O) groups is 2. The molecule has 118 valence electrons. The highest BCUT2D eigenvalue weighted by atomic mass is 32.2. The lowest BCUT2D eigenvalue weighted by Crippen LogP contribution is -2.42. The lowest BCUT2D eigenvalue weighted by atomic mass is 10.2. The highest BCUT2D eigenvalue weighted by Crippen LogP contribution is 2.33. The summed E-state index contributed by atoms with van der Waals surface area (Å²) in [5.41, 5.74) is 0.454. The number of hydrogen-bond donors (Lipinski definition) is 1. The maximum absolute atomic E-state index is 12.8. The summed E-state index contributed by atoms with van der Waals surface area (Å²) < 4.78 is 26.6. The number of hydrogen-bond acceptors (Lipinski definition) is 5. The number of carboxylic acids is 1. The van der Waals surface area contributed by atoms with Gasteiger partial charge in [-0.3, -0.25) is 9.10 Å². The van der Waals surface area contributed by atoms with Gasteiger partial charge in [0.1, 0.15) is 6.54 Å². The summed E-state index contributed by atoms with van der Waals surface area (Å²) in [5.74, 6) is -1.94. The van der Waals surface area contributed by atoms with Gasteiger partial charge in [-0.05, 0) is 29.8 Å². The van der Waals surface area contributed by atoms with Crippen molar-refractivity contribution in [3.63, 3.8) is 0 Å². The third kappa shape index (κ3) is 2.64. The maximum Gasteiger partial charge on any atom is 0.264 e. The van der Waals surface area contributed by atoms with E-state index in [4.69, 9.17) is 0 Å². The molecule has 0 aliphatic carbocycles. The Morgan fingerprint density at radius 1 is 1.13 bits per heavy atom. The second kappa shape index (κ2) is 5.40. The molecule has 0 unspecified atom stereocenters. The fourth-order valence-corrected chi connectivity index (χ4v) is 3.81. The average Bonchev–Trinajstić information content (AvgIpc) is 2.54. The fourth-order valence-electron chi connectivity index (χ4n) is 2.33. The number of carbonyl (C=O) groups excluding carboxylic acids is 2. The van der Waals surface area contributed by atoms with Crippen molar-refractivity contribution in [2.75, 3.05) is 16.2 Å². The predicted molar refractivity (Wildman–Crippen MR) is 80.4 cm³/mol. The molecule has 0 atom stereocenters. The molecule has 0 bridgehead atoms. The Bertz CT molecular complexity index is 908. The molecule has 2 aromatic rings. The Hall–Kier alpha value is -2.87. The SMILES string of the molecule is O=C1CN(S(=O)(=O)c2cccc(C(=O)[O-])c2)c2ccccc2N1. The van der Waals surface area contributed by atoms with Crippen molar-refractivity contribution in [2.24, 2.45) is 0 Å². The van der Waals surface area contributed by atoms with E-state index < -0.39 is 21.9 Å². The van der Waals surface area contributed by atoms with Gasteiger partial charge in [0.25, 0.3) is 10.0 Å². The van der Waals surface area contributed by atoms with Gasteiger partial charge in [-0.2, -0.15) is 0 Å². The van der Waals surface area contributed by atoms with Crippen LogP contribution in [0.15, 0.2) is 53.4 Å². The summed E-state index contributed by atoms with van der Waals surface area (Å²) in [6, 6.07) is 11.3. The number of fused-ring (bicyclic) bond motifs is 1. The number of aromatic carboxylic acids is 1. The molecular weight excluding hydrogens is 320 g/mol. The second-order valence-corrected chi connectivity index (χ2v) is 6.75. The molecule has 0 saturated heterocycles. The van der Waals surface area contributed by atoms with Crippen LogP contribution in [0.4, 0.5) is 11.4 Å². The zero-order chi connectivity index (χ0) is 16.6. The molecular formula is C15H11N2O5S-. The fraction of sp³-hybridized carbons (Fsp3) is 0.0667. The number of nitrogens with zero attached hydrogens (tertiary/aromatic N) is 1. The molecule has 0 fully saturated rings. The predicted octanol–water partition coefficient (Wildman–Crippen LogP) is 0.197. The Morgan fingerprint density at radius 3 is 2.61 bits per heavy atom. The van der Waals surface area contributed by atoms with Crippen LogP contribution in [-0.4, -0.2) is 26.8 Å². The van der Waals surface area contributed by atoms with Gasteiger partial charge in [0.2, 0.25) is 5.91 Å². The van der Waals surface area contributed by atoms with Gasteiger partial charge in [0.15, 0.2) is 0 Å². The van der Waals surface area contributed by atoms with Crippen molar-refractivity contribution in [1.82, 2.24) is 0 Å². The number of amides is 1. The van der Waals surface area contributed by atoms with Crippen molar-refractivity contribution in [3.05, 3.63) is 54.1 Å². The van der Waals surface area contributed by atoms with E-state index in [2.05, 4.69) is 5.32 Å². The van der Waals surface area contributed by atoms with Gasteiger partial charge in [0, 0.05) is 0 Å². The smallest absolute Gasteiger partial charge is 0.264 e. The molecule has 23 heavy (non-hydrogen) atoms. The van der Waals surface area contributed by atoms with Crippen LogP contribution in [0.5, 0.6) is 0 Å². The first-order chi connectivity index (χ1) is 10.9. The quantitative estimate of drug-likeness (QED) is 0.864. The van der Waals surface area contributed by atoms with Crippen LogP contribution >= 0.6 is 0 Å². The molecule has 8 heteroatoms. The van der Waals surface area contributed by atoms with Crippen LogP contribution in [-0.2, 0) is 14.8 Å². The standard InChI is InChI=1S/C15H12N2O5S/c18-14-9-17(13-7-2-1-6-12(13)16-14)23(21,22)11-5-3-4-10(8-11)15(19)20/h1-8H,9H2,(H,16,18)(H,19,20)/p-1. The van der Waals surface area contributed by atoms with Gasteiger partial charge in [-0.15, -0.1) is 0 Å². The minimum Gasteiger partial charge on any atom is -0.545 e. The number of carboxylic acid groups (broad SMARTS) is 1. The number of rotatable bonds is 3. The van der Waals surface area contributed by atoms with Crippen LogP contribution in [0, 0.1) is 0 Å². The molecule has 0 saturated carbocycles. The molecule has 3 rings (SSSR count). The first-order valence-corrected chi connectivity index (χ1v) is 8.06. The zero-order valence-corrected chi connectivity index (χ0v) is 12.5. The third-order valence-corrected chi connectivity index (χ3v) is 5.15. The number of sulfonamides is 1. The van der Waals surface area contributed by atoms with Gasteiger partial charge in [-0.25, -0.2) is 8.42 Å². The van der Waals surface area contributed by atoms with E-state index in [1.807, 2.05) is 0 Å². The van der Waals surface area contributed by atoms with E-state index in [9.17, 15) is 23.1 Å². The Labute approximate surface area is 132 Å². The monoisotopic (exact) mass is 331 g/mol. The Morgan fingerprint density at radius 2 is 1.87 bits per heavy atom.